The Hall–Kier alpha value is -2.97. The first-order valence-electron chi connectivity index (χ1n) is 9.52. The number of hydrogen-bond acceptors (Lipinski definition) is 6. The van der Waals surface area contributed by atoms with Gasteiger partial charge >= 0.3 is 5.97 Å². The fraction of sp³-hybridized carbons (Fsp3) is 0.318. The maximum Gasteiger partial charge on any atom is 0.341 e. The van der Waals surface area contributed by atoms with Gasteiger partial charge in [-0.05, 0) is 26.5 Å². The lowest BCUT2D eigenvalue weighted by atomic mass is 10.0. The van der Waals surface area contributed by atoms with Gasteiger partial charge in [0, 0.05) is 35.8 Å². The molecule has 1 aromatic carbocycles. The number of ether oxygens (including phenoxy) is 1. The molecule has 0 aliphatic heterocycles. The van der Waals surface area contributed by atoms with E-state index in [1.807, 2.05) is 73.4 Å². The maximum atomic E-state index is 12.6. The Bertz CT molecular complexity index is 1050. The lowest BCUT2D eigenvalue weighted by Crippen LogP contribution is -2.30. The number of thiophene rings is 1. The minimum atomic E-state index is -0.471. The van der Waals surface area contributed by atoms with Crippen LogP contribution in [0.5, 0.6) is 0 Å². The molecule has 0 saturated heterocycles. The first kappa shape index (κ1) is 21.7. The molecule has 0 spiro atoms. The number of carbonyl (C=O) groups excluding carboxylic acids is 2. The summed E-state index contributed by atoms with van der Waals surface area (Å²) in [4.78, 5) is 27.0. The Morgan fingerprint density at radius 2 is 1.93 bits per heavy atom. The second-order valence-electron chi connectivity index (χ2n) is 7.31. The zero-order valence-corrected chi connectivity index (χ0v) is 18.7. The first-order valence-corrected chi connectivity index (χ1v) is 10.4. The minimum Gasteiger partial charge on any atom is -0.465 e. The largest absolute Gasteiger partial charge is 0.465 e. The Kier molecular flexibility index (Phi) is 6.69. The molecule has 8 heteroatoms. The quantitative estimate of drug-likeness (QED) is 0.584. The Balaban J connectivity index is 1.75. The molecule has 0 aliphatic carbocycles. The van der Waals surface area contributed by atoms with Crippen molar-refractivity contribution in [3.05, 3.63) is 58.2 Å². The van der Waals surface area contributed by atoms with Gasteiger partial charge in [0.05, 0.1) is 19.9 Å². The van der Waals surface area contributed by atoms with Gasteiger partial charge in [0.25, 0.3) is 0 Å². The van der Waals surface area contributed by atoms with E-state index in [9.17, 15) is 9.59 Å². The van der Waals surface area contributed by atoms with Crippen molar-refractivity contribution in [2.75, 3.05) is 26.0 Å². The summed E-state index contributed by atoms with van der Waals surface area (Å²) < 4.78 is 6.78. The van der Waals surface area contributed by atoms with E-state index < -0.39 is 5.97 Å². The molecule has 1 N–H and O–H groups in total. The highest BCUT2D eigenvalue weighted by Gasteiger charge is 2.22. The number of esters is 1. The normalized spacial score (nSPS) is 11.0. The van der Waals surface area contributed by atoms with Gasteiger partial charge in [0.1, 0.15) is 10.6 Å². The van der Waals surface area contributed by atoms with Crippen LogP contribution in [-0.2, 0) is 23.1 Å². The van der Waals surface area contributed by atoms with Crippen LogP contribution in [0.3, 0.4) is 0 Å². The molecular weight excluding hydrogens is 400 g/mol. The van der Waals surface area contributed by atoms with Crippen molar-refractivity contribution >= 4 is 28.2 Å². The molecule has 0 saturated carbocycles. The number of likely N-dealkylation sites (N-methyl/N-ethyl adjacent to an activating group) is 1. The van der Waals surface area contributed by atoms with E-state index >= 15 is 0 Å². The molecule has 158 valence electrons. The third-order valence-corrected chi connectivity index (χ3v) is 5.88. The zero-order valence-electron chi connectivity index (χ0n) is 17.9. The van der Waals surface area contributed by atoms with Crippen LogP contribution in [-0.4, -0.2) is 47.3 Å². The number of methoxy groups -OCH3 is 1. The Morgan fingerprint density at radius 3 is 2.53 bits per heavy atom. The van der Waals surface area contributed by atoms with E-state index in [0.29, 0.717) is 17.1 Å². The van der Waals surface area contributed by atoms with E-state index in [0.717, 1.165) is 27.9 Å². The molecule has 0 fully saturated rings. The van der Waals surface area contributed by atoms with Crippen molar-refractivity contribution in [2.24, 2.45) is 7.05 Å². The van der Waals surface area contributed by atoms with Gasteiger partial charge in [-0.25, -0.2) is 4.79 Å². The van der Waals surface area contributed by atoms with Crippen LogP contribution in [0.2, 0.25) is 0 Å². The third kappa shape index (κ3) is 4.77. The molecule has 1 amide bonds. The smallest absolute Gasteiger partial charge is 0.341 e. The lowest BCUT2D eigenvalue weighted by molar-refractivity contribution is -0.117. The number of anilines is 1. The average molecular weight is 427 g/mol. The standard InChI is InChI=1S/C22H26N4O3S/c1-14-6-8-16(9-7-14)18-13-30-21(20(18)22(28)29-5)24-19(27)12-25(3)11-17-10-23-26(4)15(17)2/h6-10,13H,11-12H2,1-5H3,(H,24,27). The summed E-state index contributed by atoms with van der Waals surface area (Å²) in [7, 11) is 5.11. The second-order valence-corrected chi connectivity index (χ2v) is 8.19. The van der Waals surface area contributed by atoms with E-state index in [4.69, 9.17) is 4.74 Å². The highest BCUT2D eigenvalue weighted by Crippen LogP contribution is 2.36. The molecule has 30 heavy (non-hydrogen) atoms. The minimum absolute atomic E-state index is 0.187. The maximum absolute atomic E-state index is 12.6. The van der Waals surface area contributed by atoms with Crippen LogP contribution in [0.4, 0.5) is 5.00 Å². The number of aryl methyl sites for hydroxylation is 2. The molecule has 3 aromatic rings. The van der Waals surface area contributed by atoms with Crippen LogP contribution in [0.15, 0.2) is 35.8 Å². The topological polar surface area (TPSA) is 76.5 Å². The number of aromatic nitrogens is 2. The summed E-state index contributed by atoms with van der Waals surface area (Å²) >= 11 is 1.32. The summed E-state index contributed by atoms with van der Waals surface area (Å²) in [5.41, 5.74) is 5.31. The Morgan fingerprint density at radius 1 is 1.23 bits per heavy atom. The third-order valence-electron chi connectivity index (χ3n) is 4.99. The molecule has 0 aliphatic rings. The van der Waals surface area contributed by atoms with Crippen molar-refractivity contribution in [3.8, 4) is 11.1 Å². The summed E-state index contributed by atoms with van der Waals surface area (Å²) in [6.45, 7) is 4.80. The number of benzene rings is 1. The number of nitrogens with one attached hydrogen (secondary N) is 1. The van der Waals surface area contributed by atoms with E-state index in [1.54, 1.807) is 0 Å². The lowest BCUT2D eigenvalue weighted by Gasteiger charge is -2.16. The van der Waals surface area contributed by atoms with Crippen molar-refractivity contribution < 1.29 is 14.3 Å². The molecule has 7 nitrogen and oxygen atoms in total. The summed E-state index contributed by atoms with van der Waals surface area (Å²) in [5, 5.41) is 9.48. The first-order chi connectivity index (χ1) is 14.3. The van der Waals surface area contributed by atoms with E-state index in [2.05, 4.69) is 10.4 Å². The van der Waals surface area contributed by atoms with Gasteiger partial charge in [0.2, 0.25) is 5.91 Å². The zero-order chi connectivity index (χ0) is 21.8. The molecule has 2 heterocycles. The van der Waals surface area contributed by atoms with Crippen molar-refractivity contribution in [3.63, 3.8) is 0 Å². The molecule has 2 aromatic heterocycles. The van der Waals surface area contributed by atoms with E-state index in [1.165, 1.54) is 18.4 Å². The van der Waals surface area contributed by atoms with Crippen LogP contribution in [0, 0.1) is 13.8 Å². The number of carbonyl (C=O) groups is 2. The SMILES string of the molecule is COC(=O)c1c(-c2ccc(C)cc2)csc1NC(=O)CN(C)Cc1cnn(C)c1C. The molecular formula is C22H26N4O3S. The molecule has 0 radical (unpaired) electrons. The summed E-state index contributed by atoms with van der Waals surface area (Å²) in [6, 6.07) is 7.89. The van der Waals surface area contributed by atoms with Gasteiger partial charge in [-0.3, -0.25) is 14.4 Å². The van der Waals surface area contributed by atoms with Gasteiger partial charge in [0.15, 0.2) is 0 Å². The van der Waals surface area contributed by atoms with Crippen LogP contribution in [0.1, 0.15) is 27.2 Å². The Labute approximate surface area is 180 Å². The predicted octanol–water partition coefficient (Wildman–Crippen LogP) is 3.62. The summed E-state index contributed by atoms with van der Waals surface area (Å²) in [5.74, 6) is -0.664. The fourth-order valence-electron chi connectivity index (χ4n) is 3.16. The molecule has 0 unspecified atom stereocenters. The molecule has 0 bridgehead atoms. The van der Waals surface area contributed by atoms with Crippen molar-refractivity contribution in [1.82, 2.24) is 14.7 Å². The van der Waals surface area contributed by atoms with E-state index in [-0.39, 0.29) is 12.5 Å². The molecule has 0 atom stereocenters. The van der Waals surface area contributed by atoms with Crippen molar-refractivity contribution in [1.29, 1.82) is 0 Å². The van der Waals surface area contributed by atoms with Crippen LogP contribution < -0.4 is 5.32 Å². The molecule has 3 rings (SSSR count). The number of hydrogen-bond donors (Lipinski definition) is 1. The van der Waals surface area contributed by atoms with Gasteiger partial charge in [-0.2, -0.15) is 5.10 Å². The highest BCUT2D eigenvalue weighted by atomic mass is 32.1. The van der Waals surface area contributed by atoms with Crippen molar-refractivity contribution in [2.45, 2.75) is 20.4 Å². The second kappa shape index (κ2) is 9.23. The highest BCUT2D eigenvalue weighted by molar-refractivity contribution is 7.15. The van der Waals surface area contributed by atoms with Gasteiger partial charge in [-0.15, -0.1) is 11.3 Å². The van der Waals surface area contributed by atoms with Crippen LogP contribution in [0.25, 0.3) is 11.1 Å². The number of amides is 1. The van der Waals surface area contributed by atoms with Crippen LogP contribution >= 0.6 is 11.3 Å². The number of nitrogens with zero attached hydrogens (tertiary/aromatic N) is 3. The predicted molar refractivity (Wildman–Crippen MR) is 119 cm³/mol. The number of rotatable bonds is 7. The average Bonchev–Trinajstić information content (AvgIpc) is 3.26. The fourth-order valence-corrected chi connectivity index (χ4v) is 4.13. The monoisotopic (exact) mass is 426 g/mol. The summed E-state index contributed by atoms with van der Waals surface area (Å²) in [6.07, 6.45) is 1.81. The van der Waals surface area contributed by atoms with Gasteiger partial charge < -0.3 is 10.1 Å². The van der Waals surface area contributed by atoms with Gasteiger partial charge in [-0.1, -0.05) is 29.8 Å².